The fourth-order valence-corrected chi connectivity index (χ4v) is 4.40. The van der Waals surface area contributed by atoms with E-state index in [1.54, 1.807) is 11.8 Å². The third kappa shape index (κ3) is 4.94. The molecule has 154 valence electrons. The average molecular weight is 457 g/mol. The van der Waals surface area contributed by atoms with Crippen LogP contribution in [0.5, 0.6) is 5.75 Å². The number of fused-ring (bicyclic) bond motifs is 1. The molecule has 0 saturated heterocycles. The van der Waals surface area contributed by atoms with E-state index in [0.29, 0.717) is 5.02 Å². The van der Waals surface area contributed by atoms with Gasteiger partial charge in [0.15, 0.2) is 5.16 Å². The van der Waals surface area contributed by atoms with Crippen molar-refractivity contribution in [3.05, 3.63) is 82.3 Å². The zero-order valence-corrected chi connectivity index (χ0v) is 19.0. The van der Waals surface area contributed by atoms with Crippen molar-refractivity contribution in [1.82, 2.24) is 9.55 Å². The largest absolute Gasteiger partial charge is 0.494 e. The first-order valence-corrected chi connectivity index (χ1v) is 11.7. The number of benzene rings is 3. The fourth-order valence-electron chi connectivity index (χ4n) is 3.13. The first-order valence-electron chi connectivity index (χ1n) is 9.92. The molecule has 3 aromatic carbocycles. The van der Waals surface area contributed by atoms with Gasteiger partial charge in [-0.05, 0) is 66.6 Å². The van der Waals surface area contributed by atoms with Gasteiger partial charge in [0.2, 0.25) is 0 Å². The Bertz CT molecular complexity index is 1120. The van der Waals surface area contributed by atoms with Crippen LogP contribution < -0.4 is 4.74 Å². The molecule has 1 aromatic heterocycles. The van der Waals surface area contributed by atoms with E-state index >= 15 is 0 Å². The normalized spacial score (nSPS) is 11.2. The maximum Gasteiger partial charge on any atom is 0.174 e. The molecule has 0 bridgehead atoms. The van der Waals surface area contributed by atoms with Gasteiger partial charge in [-0.1, -0.05) is 60.4 Å². The minimum Gasteiger partial charge on any atom is -0.494 e. The lowest BCUT2D eigenvalue weighted by atomic mass is 10.2. The molecule has 0 aliphatic carbocycles. The number of ether oxygens (including phenoxy) is 1. The second-order valence-electron chi connectivity index (χ2n) is 6.97. The Hall–Kier alpha value is -2.14. The monoisotopic (exact) mass is 456 g/mol. The molecule has 6 heteroatoms. The van der Waals surface area contributed by atoms with Gasteiger partial charge in [-0.25, -0.2) is 4.98 Å². The van der Waals surface area contributed by atoms with Crippen LogP contribution in [0.15, 0.2) is 71.9 Å². The Kier molecular flexibility index (Phi) is 6.88. The van der Waals surface area contributed by atoms with Gasteiger partial charge in [0.05, 0.1) is 17.6 Å². The maximum atomic E-state index is 6.29. The van der Waals surface area contributed by atoms with Crippen LogP contribution in [0.3, 0.4) is 0 Å². The summed E-state index contributed by atoms with van der Waals surface area (Å²) in [5, 5.41) is 2.35. The molecule has 0 N–H and O–H groups in total. The van der Waals surface area contributed by atoms with Gasteiger partial charge in [-0.2, -0.15) is 0 Å². The topological polar surface area (TPSA) is 27.1 Å². The Morgan fingerprint density at radius 3 is 2.40 bits per heavy atom. The van der Waals surface area contributed by atoms with Crippen LogP contribution in [-0.4, -0.2) is 16.2 Å². The van der Waals surface area contributed by atoms with Crippen molar-refractivity contribution in [3.63, 3.8) is 0 Å². The first kappa shape index (κ1) is 21.1. The van der Waals surface area contributed by atoms with Crippen LogP contribution in [0.1, 0.15) is 25.3 Å². The van der Waals surface area contributed by atoms with E-state index in [2.05, 4.69) is 23.6 Å². The molecule has 0 saturated carbocycles. The molecule has 0 fully saturated rings. The number of imidazole rings is 1. The SMILES string of the molecule is CCCCOc1ccc(-n2c(SCc3ccc(Cl)cc3)nc3ccc(Cl)cc32)cc1. The van der Waals surface area contributed by atoms with Gasteiger partial charge in [-0.15, -0.1) is 0 Å². The number of unbranched alkanes of at least 4 members (excludes halogenated alkanes) is 1. The van der Waals surface area contributed by atoms with E-state index in [1.807, 2.05) is 54.6 Å². The van der Waals surface area contributed by atoms with Gasteiger partial charge in [0.1, 0.15) is 5.75 Å². The van der Waals surface area contributed by atoms with Gasteiger partial charge in [-0.3, -0.25) is 4.57 Å². The summed E-state index contributed by atoms with van der Waals surface area (Å²) in [7, 11) is 0. The summed E-state index contributed by atoms with van der Waals surface area (Å²) in [6.07, 6.45) is 2.17. The zero-order valence-electron chi connectivity index (χ0n) is 16.6. The highest BCUT2D eigenvalue weighted by atomic mass is 35.5. The smallest absolute Gasteiger partial charge is 0.174 e. The lowest BCUT2D eigenvalue weighted by molar-refractivity contribution is 0.309. The molecule has 30 heavy (non-hydrogen) atoms. The maximum absolute atomic E-state index is 6.29. The Labute approximate surface area is 191 Å². The van der Waals surface area contributed by atoms with Crippen LogP contribution in [0.4, 0.5) is 0 Å². The van der Waals surface area contributed by atoms with Gasteiger partial charge < -0.3 is 4.74 Å². The molecule has 4 rings (SSSR count). The van der Waals surface area contributed by atoms with E-state index < -0.39 is 0 Å². The van der Waals surface area contributed by atoms with Crippen molar-refractivity contribution in [2.45, 2.75) is 30.7 Å². The highest BCUT2D eigenvalue weighted by Crippen LogP contribution is 2.32. The molecule has 0 atom stereocenters. The first-order chi connectivity index (χ1) is 14.6. The van der Waals surface area contributed by atoms with Crippen LogP contribution in [0, 0.1) is 0 Å². The van der Waals surface area contributed by atoms with Crippen LogP contribution in [-0.2, 0) is 5.75 Å². The number of aromatic nitrogens is 2. The van der Waals surface area contributed by atoms with E-state index in [-0.39, 0.29) is 0 Å². The summed E-state index contributed by atoms with van der Waals surface area (Å²) in [6.45, 7) is 2.90. The van der Waals surface area contributed by atoms with E-state index in [0.717, 1.165) is 57.9 Å². The van der Waals surface area contributed by atoms with Crippen molar-refractivity contribution in [1.29, 1.82) is 0 Å². The van der Waals surface area contributed by atoms with Crippen LogP contribution in [0.2, 0.25) is 10.0 Å². The molecule has 4 aromatic rings. The van der Waals surface area contributed by atoms with E-state index in [9.17, 15) is 0 Å². The van der Waals surface area contributed by atoms with Crippen LogP contribution >= 0.6 is 35.0 Å². The third-order valence-electron chi connectivity index (χ3n) is 4.73. The zero-order chi connectivity index (χ0) is 20.9. The quantitative estimate of drug-likeness (QED) is 0.200. The number of halogens is 2. The van der Waals surface area contributed by atoms with Crippen molar-refractivity contribution < 1.29 is 4.74 Å². The second kappa shape index (κ2) is 9.78. The van der Waals surface area contributed by atoms with Crippen LogP contribution in [0.25, 0.3) is 16.7 Å². The minimum absolute atomic E-state index is 0.692. The number of nitrogens with zero attached hydrogens (tertiary/aromatic N) is 2. The summed E-state index contributed by atoms with van der Waals surface area (Å²) in [4.78, 5) is 4.86. The molecular formula is C24H22Cl2N2OS. The van der Waals surface area contributed by atoms with Crippen molar-refractivity contribution in [2.75, 3.05) is 6.61 Å². The van der Waals surface area contributed by atoms with Gasteiger partial charge in [0, 0.05) is 21.5 Å². The Balaban J connectivity index is 1.65. The summed E-state index contributed by atoms with van der Waals surface area (Å²) in [5.41, 5.74) is 4.13. The molecule has 0 aliphatic rings. The van der Waals surface area contributed by atoms with E-state index in [1.165, 1.54) is 5.56 Å². The molecule has 0 amide bonds. The number of hydrogen-bond acceptors (Lipinski definition) is 3. The number of thioether (sulfide) groups is 1. The van der Waals surface area contributed by atoms with Crippen molar-refractivity contribution in [3.8, 4) is 11.4 Å². The predicted octanol–water partition coefficient (Wildman–Crippen LogP) is 7.80. The number of rotatable bonds is 8. The molecule has 0 aliphatic heterocycles. The Morgan fingerprint density at radius 2 is 1.67 bits per heavy atom. The lowest BCUT2D eigenvalue weighted by Crippen LogP contribution is -1.99. The molecule has 3 nitrogen and oxygen atoms in total. The number of hydrogen-bond donors (Lipinski definition) is 0. The standard InChI is InChI=1S/C24H22Cl2N2OS/c1-2-3-14-29-21-11-9-20(10-12-21)28-23-15-19(26)8-13-22(23)27-24(28)30-16-17-4-6-18(25)7-5-17/h4-13,15H,2-3,14,16H2,1H3. The third-order valence-corrected chi connectivity index (χ3v) is 6.23. The molecule has 0 unspecified atom stereocenters. The summed E-state index contributed by atoms with van der Waals surface area (Å²) >= 11 is 14.0. The highest BCUT2D eigenvalue weighted by molar-refractivity contribution is 7.98. The Morgan fingerprint density at radius 1 is 0.933 bits per heavy atom. The average Bonchev–Trinajstić information content (AvgIpc) is 3.11. The van der Waals surface area contributed by atoms with E-state index in [4.69, 9.17) is 32.9 Å². The van der Waals surface area contributed by atoms with Crippen molar-refractivity contribution >= 4 is 46.0 Å². The summed E-state index contributed by atoms with van der Waals surface area (Å²) < 4.78 is 7.96. The van der Waals surface area contributed by atoms with Gasteiger partial charge in [0.25, 0.3) is 0 Å². The molecule has 0 radical (unpaired) electrons. The molecule has 1 heterocycles. The minimum atomic E-state index is 0.692. The van der Waals surface area contributed by atoms with Gasteiger partial charge >= 0.3 is 0 Å². The fraction of sp³-hybridized carbons (Fsp3) is 0.208. The summed E-state index contributed by atoms with van der Waals surface area (Å²) in [5.74, 6) is 1.68. The predicted molar refractivity (Wildman–Crippen MR) is 127 cm³/mol. The molecular weight excluding hydrogens is 435 g/mol. The highest BCUT2D eigenvalue weighted by Gasteiger charge is 2.14. The van der Waals surface area contributed by atoms with Crippen molar-refractivity contribution in [2.24, 2.45) is 0 Å². The lowest BCUT2D eigenvalue weighted by Gasteiger charge is -2.11. The molecule has 0 spiro atoms. The second-order valence-corrected chi connectivity index (χ2v) is 8.79. The summed E-state index contributed by atoms with van der Waals surface area (Å²) in [6, 6.07) is 21.9.